The van der Waals surface area contributed by atoms with Gasteiger partial charge in [0.05, 0.1) is 5.02 Å². The van der Waals surface area contributed by atoms with Gasteiger partial charge in [0.25, 0.3) is 0 Å². The summed E-state index contributed by atoms with van der Waals surface area (Å²) in [4.78, 5) is 34.9. The number of amides is 2. The fraction of sp³-hybridized carbons (Fsp3) is 0.118. The minimum Gasteiger partial charge on any atom is -0.366 e. The molecule has 2 amide bonds. The Bertz CT molecular complexity index is 742. The SMILES string of the molecule is NC(=O)c1ccc(NC(=O)CCC(=O)c2ccccc2Cl)cc1. The number of nitrogens with one attached hydrogen (secondary N) is 1. The first-order valence-corrected chi connectivity index (χ1v) is 7.32. The largest absolute Gasteiger partial charge is 0.366 e. The van der Waals surface area contributed by atoms with Crippen molar-refractivity contribution in [3.63, 3.8) is 0 Å². The predicted octanol–water partition coefficient (Wildman–Crippen LogP) is 3.04. The summed E-state index contributed by atoms with van der Waals surface area (Å²) in [6.07, 6.45) is 0.108. The van der Waals surface area contributed by atoms with E-state index in [0.29, 0.717) is 21.8 Å². The Hall–Kier alpha value is -2.66. The molecule has 2 aromatic rings. The van der Waals surface area contributed by atoms with Gasteiger partial charge in [-0.25, -0.2) is 0 Å². The first-order valence-electron chi connectivity index (χ1n) is 6.95. The molecule has 2 aromatic carbocycles. The highest BCUT2D eigenvalue weighted by Crippen LogP contribution is 2.17. The number of hydrogen-bond donors (Lipinski definition) is 2. The number of Topliss-reactive ketones (excluding diaryl/α,β-unsaturated/α-hetero) is 1. The van der Waals surface area contributed by atoms with E-state index < -0.39 is 5.91 Å². The normalized spacial score (nSPS) is 10.1. The predicted molar refractivity (Wildman–Crippen MR) is 88.6 cm³/mol. The van der Waals surface area contributed by atoms with Crippen LogP contribution in [-0.4, -0.2) is 17.6 Å². The van der Waals surface area contributed by atoms with Crippen LogP contribution >= 0.6 is 11.6 Å². The number of anilines is 1. The molecule has 0 atom stereocenters. The summed E-state index contributed by atoms with van der Waals surface area (Å²) < 4.78 is 0. The molecule has 0 fully saturated rings. The first kappa shape index (κ1) is 16.7. The van der Waals surface area contributed by atoms with Gasteiger partial charge in [-0.05, 0) is 36.4 Å². The number of benzene rings is 2. The van der Waals surface area contributed by atoms with Crippen molar-refractivity contribution < 1.29 is 14.4 Å². The zero-order valence-electron chi connectivity index (χ0n) is 12.2. The molecule has 0 saturated carbocycles. The molecule has 0 bridgehead atoms. The summed E-state index contributed by atoms with van der Waals surface area (Å²) in [6.45, 7) is 0. The molecule has 0 spiro atoms. The first-order chi connectivity index (χ1) is 11.0. The summed E-state index contributed by atoms with van der Waals surface area (Å²) in [6, 6.07) is 12.9. The Labute approximate surface area is 138 Å². The minimum absolute atomic E-state index is 0.0433. The van der Waals surface area contributed by atoms with Gasteiger partial charge >= 0.3 is 0 Å². The fourth-order valence-electron chi connectivity index (χ4n) is 1.99. The monoisotopic (exact) mass is 330 g/mol. The zero-order valence-corrected chi connectivity index (χ0v) is 13.0. The molecule has 0 aliphatic carbocycles. The van der Waals surface area contributed by atoms with Gasteiger partial charge in [0.15, 0.2) is 5.78 Å². The highest BCUT2D eigenvalue weighted by atomic mass is 35.5. The van der Waals surface area contributed by atoms with Gasteiger partial charge in [-0.3, -0.25) is 14.4 Å². The summed E-state index contributed by atoms with van der Waals surface area (Å²) in [5.74, 6) is -1.01. The van der Waals surface area contributed by atoms with E-state index in [9.17, 15) is 14.4 Å². The molecule has 0 unspecified atom stereocenters. The summed E-state index contributed by atoms with van der Waals surface area (Å²) in [7, 11) is 0. The van der Waals surface area contributed by atoms with E-state index in [1.807, 2.05) is 0 Å². The second-order valence-corrected chi connectivity index (χ2v) is 5.30. The van der Waals surface area contributed by atoms with Gasteiger partial charge in [-0.1, -0.05) is 23.7 Å². The van der Waals surface area contributed by atoms with Crippen LogP contribution in [0.1, 0.15) is 33.6 Å². The highest BCUT2D eigenvalue weighted by molar-refractivity contribution is 6.34. The number of carbonyl (C=O) groups is 3. The summed E-state index contributed by atoms with van der Waals surface area (Å²) in [5, 5.41) is 3.03. The number of primary amides is 1. The molecule has 118 valence electrons. The van der Waals surface area contributed by atoms with Crippen LogP contribution in [0.25, 0.3) is 0 Å². The van der Waals surface area contributed by atoms with Crippen molar-refractivity contribution in [3.05, 3.63) is 64.7 Å². The van der Waals surface area contributed by atoms with Crippen molar-refractivity contribution in [2.24, 2.45) is 5.73 Å². The van der Waals surface area contributed by atoms with Gasteiger partial charge in [-0.2, -0.15) is 0 Å². The number of ketones is 1. The van der Waals surface area contributed by atoms with E-state index in [1.54, 1.807) is 36.4 Å². The lowest BCUT2D eigenvalue weighted by Crippen LogP contribution is -2.14. The lowest BCUT2D eigenvalue weighted by molar-refractivity contribution is -0.116. The van der Waals surface area contributed by atoms with Gasteiger partial charge in [-0.15, -0.1) is 0 Å². The minimum atomic E-state index is -0.534. The van der Waals surface area contributed by atoms with Crippen molar-refractivity contribution >= 4 is 34.9 Å². The quantitative estimate of drug-likeness (QED) is 0.798. The third-order valence-corrected chi connectivity index (χ3v) is 3.54. The molecule has 6 heteroatoms. The van der Waals surface area contributed by atoms with Crippen LogP contribution in [0.2, 0.25) is 5.02 Å². The number of hydrogen-bond acceptors (Lipinski definition) is 3. The van der Waals surface area contributed by atoms with Gasteiger partial charge in [0.2, 0.25) is 11.8 Å². The van der Waals surface area contributed by atoms with E-state index in [2.05, 4.69) is 5.32 Å². The lowest BCUT2D eigenvalue weighted by atomic mass is 10.1. The molecule has 0 radical (unpaired) electrons. The van der Waals surface area contributed by atoms with Crippen molar-refractivity contribution in [1.29, 1.82) is 0 Å². The van der Waals surface area contributed by atoms with Gasteiger partial charge in [0.1, 0.15) is 0 Å². The van der Waals surface area contributed by atoms with Crippen LogP contribution in [0.5, 0.6) is 0 Å². The maximum absolute atomic E-state index is 12.0. The van der Waals surface area contributed by atoms with E-state index in [4.69, 9.17) is 17.3 Å². The van der Waals surface area contributed by atoms with Crippen molar-refractivity contribution in [3.8, 4) is 0 Å². The molecule has 0 aliphatic rings. The Kier molecular flexibility index (Phi) is 5.49. The molecule has 5 nitrogen and oxygen atoms in total. The number of rotatable bonds is 6. The smallest absolute Gasteiger partial charge is 0.248 e. The zero-order chi connectivity index (χ0) is 16.8. The molecule has 0 saturated heterocycles. The van der Waals surface area contributed by atoms with E-state index in [-0.39, 0.29) is 24.5 Å². The van der Waals surface area contributed by atoms with Gasteiger partial charge in [0, 0.05) is 29.7 Å². The third-order valence-electron chi connectivity index (χ3n) is 3.21. The highest BCUT2D eigenvalue weighted by Gasteiger charge is 2.12. The molecule has 0 heterocycles. The summed E-state index contributed by atoms with van der Waals surface area (Å²) >= 11 is 5.95. The van der Waals surface area contributed by atoms with Crippen molar-refractivity contribution in [2.45, 2.75) is 12.8 Å². The van der Waals surface area contributed by atoms with E-state index in [0.717, 1.165) is 0 Å². The van der Waals surface area contributed by atoms with Crippen LogP contribution in [0.4, 0.5) is 5.69 Å². The fourth-order valence-corrected chi connectivity index (χ4v) is 2.23. The number of halogens is 1. The Morgan fingerprint density at radius 3 is 2.22 bits per heavy atom. The molecule has 0 aliphatic heterocycles. The standard InChI is InChI=1S/C17H15ClN2O3/c18-14-4-2-1-3-13(14)15(21)9-10-16(22)20-12-7-5-11(6-8-12)17(19)23/h1-8H,9-10H2,(H2,19,23)(H,20,22). The average Bonchev–Trinajstić information content (AvgIpc) is 2.53. The van der Waals surface area contributed by atoms with Crippen molar-refractivity contribution in [1.82, 2.24) is 0 Å². The van der Waals surface area contributed by atoms with Crippen LogP contribution in [0.3, 0.4) is 0 Å². The molecular formula is C17H15ClN2O3. The van der Waals surface area contributed by atoms with Crippen LogP contribution in [-0.2, 0) is 4.79 Å². The summed E-state index contributed by atoms with van der Waals surface area (Å²) in [5.41, 5.74) is 6.44. The molecule has 23 heavy (non-hydrogen) atoms. The molecule has 0 aromatic heterocycles. The average molecular weight is 331 g/mol. The van der Waals surface area contributed by atoms with E-state index in [1.165, 1.54) is 12.1 Å². The second-order valence-electron chi connectivity index (χ2n) is 4.89. The second kappa shape index (κ2) is 7.56. The third kappa shape index (κ3) is 4.66. The van der Waals surface area contributed by atoms with Gasteiger partial charge < -0.3 is 11.1 Å². The Morgan fingerprint density at radius 2 is 1.61 bits per heavy atom. The topological polar surface area (TPSA) is 89.3 Å². The van der Waals surface area contributed by atoms with E-state index >= 15 is 0 Å². The van der Waals surface area contributed by atoms with Crippen molar-refractivity contribution in [2.75, 3.05) is 5.32 Å². The molecule has 2 rings (SSSR count). The molecule has 3 N–H and O–H groups in total. The number of nitrogens with two attached hydrogens (primary N) is 1. The van der Waals surface area contributed by atoms with Crippen LogP contribution in [0.15, 0.2) is 48.5 Å². The van der Waals surface area contributed by atoms with Crippen LogP contribution in [0, 0.1) is 0 Å². The maximum atomic E-state index is 12.0. The number of carbonyl (C=O) groups excluding carboxylic acids is 3. The molecular weight excluding hydrogens is 316 g/mol. The lowest BCUT2D eigenvalue weighted by Gasteiger charge is -2.06. The Morgan fingerprint density at radius 1 is 0.957 bits per heavy atom. The van der Waals surface area contributed by atoms with Crippen LogP contribution < -0.4 is 11.1 Å². The Balaban J connectivity index is 1.89. The maximum Gasteiger partial charge on any atom is 0.248 e.